The lowest BCUT2D eigenvalue weighted by Gasteiger charge is -2.21. The van der Waals surface area contributed by atoms with Crippen molar-refractivity contribution in [3.05, 3.63) is 42.0 Å². The Balaban J connectivity index is 0.00000289. The molecule has 2 heterocycles. The summed E-state index contributed by atoms with van der Waals surface area (Å²) in [6.07, 6.45) is 7.67. The third kappa shape index (κ3) is 6.20. The van der Waals surface area contributed by atoms with Crippen LogP contribution in [0.15, 0.2) is 39.9 Å². The van der Waals surface area contributed by atoms with Crippen molar-refractivity contribution in [2.24, 2.45) is 10.9 Å². The molecule has 2 fully saturated rings. The standard InChI is InChI=1S/C23H30FN5O2.HI/c1-25-23(28-19-11-13-29(14-19)22(30)17-4-2-3-5-17)26-12-10-20-15-31-21(27-20)16-6-8-18(24)9-7-16;/h6-9,15,17,19H,2-5,10-14H2,1H3,(H2,25,26,28);1H. The fourth-order valence-electron chi connectivity index (χ4n) is 4.35. The Hall–Kier alpha value is -2.17. The second-order valence-corrected chi connectivity index (χ2v) is 8.30. The number of carbonyl (C=O) groups excluding carboxylic acids is 1. The highest BCUT2D eigenvalue weighted by Crippen LogP contribution is 2.27. The van der Waals surface area contributed by atoms with Gasteiger partial charge >= 0.3 is 0 Å². The van der Waals surface area contributed by atoms with Crippen LogP contribution in [0.3, 0.4) is 0 Å². The second kappa shape index (κ2) is 11.6. The average molecular weight is 555 g/mol. The number of likely N-dealkylation sites (tertiary alicyclic amines) is 1. The predicted octanol–water partition coefficient (Wildman–Crippen LogP) is 3.60. The zero-order valence-corrected chi connectivity index (χ0v) is 20.7. The van der Waals surface area contributed by atoms with E-state index >= 15 is 0 Å². The molecule has 7 nitrogen and oxygen atoms in total. The minimum atomic E-state index is -0.285. The largest absolute Gasteiger partial charge is 0.444 e. The van der Waals surface area contributed by atoms with Gasteiger partial charge in [0, 0.05) is 50.6 Å². The molecule has 0 radical (unpaired) electrons. The maximum atomic E-state index is 13.1. The van der Waals surface area contributed by atoms with Gasteiger partial charge in [-0.2, -0.15) is 0 Å². The van der Waals surface area contributed by atoms with E-state index in [1.165, 1.54) is 25.0 Å². The van der Waals surface area contributed by atoms with Gasteiger partial charge in [0.1, 0.15) is 12.1 Å². The lowest BCUT2D eigenvalue weighted by Crippen LogP contribution is -2.45. The van der Waals surface area contributed by atoms with Gasteiger partial charge < -0.3 is 20.0 Å². The van der Waals surface area contributed by atoms with Crippen LogP contribution in [0.1, 0.15) is 37.8 Å². The molecule has 32 heavy (non-hydrogen) atoms. The zero-order valence-electron chi connectivity index (χ0n) is 18.3. The number of halogens is 2. The number of benzene rings is 1. The smallest absolute Gasteiger partial charge is 0.226 e. The Bertz CT molecular complexity index is 911. The van der Waals surface area contributed by atoms with Crippen LogP contribution in [0.25, 0.3) is 11.5 Å². The Morgan fingerprint density at radius 1 is 1.25 bits per heavy atom. The fraction of sp³-hybridized carbons (Fsp3) is 0.522. The van der Waals surface area contributed by atoms with Crippen LogP contribution in [-0.4, -0.2) is 54.5 Å². The molecule has 0 spiro atoms. The molecule has 174 valence electrons. The number of hydrogen-bond acceptors (Lipinski definition) is 4. The third-order valence-corrected chi connectivity index (χ3v) is 6.09. The van der Waals surface area contributed by atoms with Crippen molar-refractivity contribution in [1.82, 2.24) is 20.5 Å². The number of aromatic nitrogens is 1. The normalized spacial score (nSPS) is 19.1. The topological polar surface area (TPSA) is 82.8 Å². The molecule has 1 unspecified atom stereocenters. The first-order valence-electron chi connectivity index (χ1n) is 11.1. The molecule has 1 amide bonds. The van der Waals surface area contributed by atoms with Gasteiger partial charge in [-0.05, 0) is 43.5 Å². The quantitative estimate of drug-likeness (QED) is 0.324. The van der Waals surface area contributed by atoms with Crippen LogP contribution in [-0.2, 0) is 11.2 Å². The van der Waals surface area contributed by atoms with Gasteiger partial charge in [0.25, 0.3) is 0 Å². The molecular weight excluding hydrogens is 524 g/mol. The molecule has 9 heteroatoms. The number of nitrogens with zero attached hydrogens (tertiary/aromatic N) is 3. The van der Waals surface area contributed by atoms with E-state index in [2.05, 4.69) is 20.6 Å². The molecule has 4 rings (SSSR count). The van der Waals surface area contributed by atoms with Crippen LogP contribution >= 0.6 is 24.0 Å². The van der Waals surface area contributed by atoms with Crippen molar-refractivity contribution >= 4 is 35.8 Å². The third-order valence-electron chi connectivity index (χ3n) is 6.09. The summed E-state index contributed by atoms with van der Waals surface area (Å²) >= 11 is 0. The highest BCUT2D eigenvalue weighted by atomic mass is 127. The summed E-state index contributed by atoms with van der Waals surface area (Å²) in [6, 6.07) is 6.30. The van der Waals surface area contributed by atoms with Crippen molar-refractivity contribution in [2.75, 3.05) is 26.7 Å². The van der Waals surface area contributed by atoms with Crippen LogP contribution in [0.5, 0.6) is 0 Å². The molecular formula is C23H31FIN5O2. The van der Waals surface area contributed by atoms with Gasteiger partial charge in [-0.25, -0.2) is 9.37 Å². The summed E-state index contributed by atoms with van der Waals surface area (Å²) in [6.45, 7) is 2.20. The summed E-state index contributed by atoms with van der Waals surface area (Å²) in [7, 11) is 1.74. The maximum Gasteiger partial charge on any atom is 0.226 e. The molecule has 2 aliphatic rings. The van der Waals surface area contributed by atoms with E-state index in [0.29, 0.717) is 24.8 Å². The minimum Gasteiger partial charge on any atom is -0.444 e. The summed E-state index contributed by atoms with van der Waals surface area (Å²) in [5.41, 5.74) is 1.56. The van der Waals surface area contributed by atoms with Gasteiger partial charge in [-0.3, -0.25) is 9.79 Å². The zero-order chi connectivity index (χ0) is 21.6. The van der Waals surface area contributed by atoms with Gasteiger partial charge in [-0.1, -0.05) is 12.8 Å². The first-order valence-corrected chi connectivity index (χ1v) is 11.1. The van der Waals surface area contributed by atoms with E-state index in [-0.39, 0.29) is 41.8 Å². The molecule has 2 N–H and O–H groups in total. The average Bonchev–Trinajstić information content (AvgIpc) is 3.55. The highest BCUT2D eigenvalue weighted by Gasteiger charge is 2.32. The second-order valence-electron chi connectivity index (χ2n) is 8.30. The van der Waals surface area contributed by atoms with E-state index in [4.69, 9.17) is 4.42 Å². The highest BCUT2D eigenvalue weighted by molar-refractivity contribution is 14.0. The molecule has 1 atom stereocenters. The van der Waals surface area contributed by atoms with Gasteiger partial charge in [0.05, 0.1) is 5.69 Å². The van der Waals surface area contributed by atoms with E-state index in [1.807, 2.05) is 4.90 Å². The van der Waals surface area contributed by atoms with Crippen molar-refractivity contribution < 1.29 is 13.6 Å². The molecule has 1 aromatic heterocycles. The van der Waals surface area contributed by atoms with Crippen LogP contribution in [0, 0.1) is 11.7 Å². The van der Waals surface area contributed by atoms with Gasteiger partial charge in [-0.15, -0.1) is 24.0 Å². The minimum absolute atomic E-state index is 0. The molecule has 1 aliphatic heterocycles. The monoisotopic (exact) mass is 555 g/mol. The van der Waals surface area contributed by atoms with Crippen molar-refractivity contribution in [2.45, 2.75) is 44.6 Å². The SMILES string of the molecule is CN=C(NCCc1coc(-c2ccc(F)cc2)n1)NC1CCN(C(=O)C2CCCC2)C1.I. The number of carbonyl (C=O) groups is 1. The van der Waals surface area contributed by atoms with Crippen LogP contribution < -0.4 is 10.6 Å². The van der Waals surface area contributed by atoms with Crippen LogP contribution in [0.2, 0.25) is 0 Å². The van der Waals surface area contributed by atoms with E-state index in [0.717, 1.165) is 49.6 Å². The van der Waals surface area contributed by atoms with Crippen molar-refractivity contribution in [1.29, 1.82) is 0 Å². The van der Waals surface area contributed by atoms with E-state index < -0.39 is 0 Å². The number of amides is 1. The number of aliphatic imine (C=N–C) groups is 1. The van der Waals surface area contributed by atoms with E-state index in [1.54, 1.807) is 25.4 Å². The van der Waals surface area contributed by atoms with Gasteiger partial charge in [0.2, 0.25) is 11.8 Å². The Kier molecular flexibility index (Phi) is 8.89. The number of rotatable bonds is 6. The van der Waals surface area contributed by atoms with Gasteiger partial charge in [0.15, 0.2) is 5.96 Å². The molecule has 1 aliphatic carbocycles. The summed E-state index contributed by atoms with van der Waals surface area (Å²) in [5.74, 6) is 1.48. The molecule has 0 bridgehead atoms. The number of guanidine groups is 1. The molecule has 2 aromatic rings. The van der Waals surface area contributed by atoms with E-state index in [9.17, 15) is 9.18 Å². The first kappa shape index (κ1) is 24.5. The number of oxazole rings is 1. The number of nitrogens with one attached hydrogen (secondary N) is 2. The van der Waals surface area contributed by atoms with Crippen LogP contribution in [0.4, 0.5) is 4.39 Å². The summed E-state index contributed by atoms with van der Waals surface area (Å²) in [5, 5.41) is 6.73. The number of hydrogen-bond donors (Lipinski definition) is 2. The summed E-state index contributed by atoms with van der Waals surface area (Å²) < 4.78 is 18.6. The van der Waals surface area contributed by atoms with Crippen molar-refractivity contribution in [3.8, 4) is 11.5 Å². The molecule has 1 saturated carbocycles. The fourth-order valence-corrected chi connectivity index (χ4v) is 4.35. The molecule has 1 aromatic carbocycles. The predicted molar refractivity (Wildman–Crippen MR) is 132 cm³/mol. The lowest BCUT2D eigenvalue weighted by molar-refractivity contribution is -0.134. The lowest BCUT2D eigenvalue weighted by atomic mass is 10.1. The van der Waals surface area contributed by atoms with Crippen molar-refractivity contribution in [3.63, 3.8) is 0 Å². The Morgan fingerprint density at radius 3 is 2.72 bits per heavy atom. The Morgan fingerprint density at radius 2 is 2.00 bits per heavy atom. The molecule has 1 saturated heterocycles. The summed E-state index contributed by atoms with van der Waals surface area (Å²) in [4.78, 5) is 23.4. The maximum absolute atomic E-state index is 13.1. The Labute approximate surface area is 205 Å². The first-order chi connectivity index (χ1) is 15.1.